The Morgan fingerprint density at radius 3 is 2.50 bits per heavy atom. The number of ether oxygens (including phenoxy) is 2. The molecule has 0 spiro atoms. The normalized spacial score (nSPS) is 11.3. The summed E-state index contributed by atoms with van der Waals surface area (Å²) < 4.78 is 45.1. The third kappa shape index (κ3) is 4.46. The van der Waals surface area contributed by atoms with Crippen molar-refractivity contribution in [2.24, 2.45) is 0 Å². The fraction of sp³-hybridized carbons (Fsp3) is 0.182. The standard InChI is InChI=1S/C22H21N3O5S2/c1-3-29-16-10-12-17(13-11-16)32(26,27)25(18-7-4-5-8-19(18)28-2)15-21-23-24-22(30-21)20-9-6-14-31-20/h4-14H,3,15H2,1-2H3. The number of hydrogen-bond acceptors (Lipinski definition) is 8. The molecule has 0 radical (unpaired) electrons. The van der Waals surface area contributed by atoms with E-state index in [9.17, 15) is 8.42 Å². The summed E-state index contributed by atoms with van der Waals surface area (Å²) >= 11 is 1.46. The average molecular weight is 472 g/mol. The summed E-state index contributed by atoms with van der Waals surface area (Å²) in [6.45, 7) is 2.19. The molecule has 0 unspecified atom stereocenters. The van der Waals surface area contributed by atoms with Crippen molar-refractivity contribution in [3.05, 3.63) is 71.9 Å². The predicted octanol–water partition coefficient (Wildman–Crippen LogP) is 4.60. The second-order valence-electron chi connectivity index (χ2n) is 6.57. The molecule has 0 N–H and O–H groups in total. The fourth-order valence-electron chi connectivity index (χ4n) is 3.08. The van der Waals surface area contributed by atoms with Crippen LogP contribution in [0, 0.1) is 0 Å². The lowest BCUT2D eigenvalue weighted by Crippen LogP contribution is -2.31. The van der Waals surface area contributed by atoms with E-state index < -0.39 is 10.0 Å². The van der Waals surface area contributed by atoms with Gasteiger partial charge in [-0.1, -0.05) is 18.2 Å². The highest BCUT2D eigenvalue weighted by atomic mass is 32.2. The van der Waals surface area contributed by atoms with Gasteiger partial charge in [0.25, 0.3) is 15.9 Å². The van der Waals surface area contributed by atoms with E-state index in [0.29, 0.717) is 29.7 Å². The molecule has 2 aromatic heterocycles. The van der Waals surface area contributed by atoms with Gasteiger partial charge in [0.05, 0.1) is 29.2 Å². The first-order chi connectivity index (χ1) is 15.5. The Morgan fingerprint density at radius 2 is 1.81 bits per heavy atom. The Labute approximate surface area is 190 Å². The number of sulfonamides is 1. The van der Waals surface area contributed by atoms with E-state index in [1.165, 1.54) is 34.9 Å². The third-order valence-corrected chi connectivity index (χ3v) is 7.19. The molecule has 0 fully saturated rings. The highest BCUT2D eigenvalue weighted by Gasteiger charge is 2.29. The molecule has 8 nitrogen and oxygen atoms in total. The van der Waals surface area contributed by atoms with Crippen LogP contribution in [0.3, 0.4) is 0 Å². The number of hydrogen-bond donors (Lipinski definition) is 0. The van der Waals surface area contributed by atoms with Crippen molar-refractivity contribution in [1.29, 1.82) is 0 Å². The zero-order valence-electron chi connectivity index (χ0n) is 17.5. The minimum Gasteiger partial charge on any atom is -0.495 e. The molecule has 4 rings (SSSR count). The van der Waals surface area contributed by atoms with Gasteiger partial charge >= 0.3 is 0 Å². The lowest BCUT2D eigenvalue weighted by Gasteiger charge is -2.24. The quantitative estimate of drug-likeness (QED) is 0.352. The van der Waals surface area contributed by atoms with Crippen LogP contribution in [0.15, 0.2) is 75.4 Å². The van der Waals surface area contributed by atoms with Crippen molar-refractivity contribution in [3.8, 4) is 22.3 Å². The van der Waals surface area contributed by atoms with Crippen LogP contribution in [0.4, 0.5) is 5.69 Å². The second kappa shape index (κ2) is 9.41. The molecule has 0 aliphatic heterocycles. The summed E-state index contributed by atoms with van der Waals surface area (Å²) in [7, 11) is -2.50. The van der Waals surface area contributed by atoms with Crippen LogP contribution in [0.2, 0.25) is 0 Å². The molecule has 0 saturated carbocycles. The van der Waals surface area contributed by atoms with E-state index in [0.717, 1.165) is 4.88 Å². The maximum atomic E-state index is 13.7. The molecule has 10 heteroatoms. The molecule has 166 valence electrons. The minimum atomic E-state index is -3.99. The van der Waals surface area contributed by atoms with Gasteiger partial charge in [0, 0.05) is 0 Å². The van der Waals surface area contributed by atoms with Crippen LogP contribution < -0.4 is 13.8 Å². The lowest BCUT2D eigenvalue weighted by molar-refractivity contribution is 0.340. The molecule has 4 aromatic rings. The first kappa shape index (κ1) is 21.8. The van der Waals surface area contributed by atoms with Crippen LogP contribution in [0.25, 0.3) is 10.8 Å². The van der Waals surface area contributed by atoms with Crippen molar-refractivity contribution in [2.45, 2.75) is 18.4 Å². The molecule has 0 aliphatic rings. The number of methoxy groups -OCH3 is 1. The first-order valence-corrected chi connectivity index (χ1v) is 12.1. The van der Waals surface area contributed by atoms with E-state index in [-0.39, 0.29) is 17.3 Å². The zero-order chi connectivity index (χ0) is 22.6. The highest BCUT2D eigenvalue weighted by molar-refractivity contribution is 7.92. The van der Waals surface area contributed by atoms with E-state index in [1.807, 2.05) is 24.4 Å². The minimum absolute atomic E-state index is 0.102. The molecule has 0 amide bonds. The smallest absolute Gasteiger partial charge is 0.264 e. The Hall–Kier alpha value is -3.37. The summed E-state index contributed by atoms with van der Waals surface area (Å²) in [5.74, 6) is 1.50. The summed E-state index contributed by atoms with van der Waals surface area (Å²) in [6.07, 6.45) is 0. The molecule has 2 heterocycles. The summed E-state index contributed by atoms with van der Waals surface area (Å²) in [5.41, 5.74) is 0.361. The van der Waals surface area contributed by atoms with Crippen LogP contribution in [0.1, 0.15) is 12.8 Å². The summed E-state index contributed by atoms with van der Waals surface area (Å²) in [6, 6.07) is 16.9. The second-order valence-corrected chi connectivity index (χ2v) is 9.38. The van der Waals surface area contributed by atoms with Gasteiger partial charge in [0.1, 0.15) is 18.0 Å². The van der Waals surface area contributed by atoms with Gasteiger partial charge in [-0.3, -0.25) is 4.31 Å². The zero-order valence-corrected chi connectivity index (χ0v) is 19.1. The number of rotatable bonds is 9. The van der Waals surface area contributed by atoms with E-state index in [2.05, 4.69) is 10.2 Å². The van der Waals surface area contributed by atoms with Crippen LogP contribution in [-0.2, 0) is 16.6 Å². The first-order valence-electron chi connectivity index (χ1n) is 9.78. The Kier molecular flexibility index (Phi) is 6.42. The molecule has 0 saturated heterocycles. The maximum absolute atomic E-state index is 13.7. The van der Waals surface area contributed by atoms with Crippen molar-refractivity contribution >= 4 is 27.0 Å². The molecule has 2 aromatic carbocycles. The molecular weight excluding hydrogens is 450 g/mol. The summed E-state index contributed by atoms with van der Waals surface area (Å²) in [4.78, 5) is 0.909. The lowest BCUT2D eigenvalue weighted by atomic mass is 10.3. The highest BCUT2D eigenvalue weighted by Crippen LogP contribution is 2.34. The van der Waals surface area contributed by atoms with Crippen molar-refractivity contribution in [1.82, 2.24) is 10.2 Å². The molecule has 0 aliphatic carbocycles. The predicted molar refractivity (Wildman–Crippen MR) is 122 cm³/mol. The van der Waals surface area contributed by atoms with Crippen molar-refractivity contribution in [2.75, 3.05) is 18.0 Å². The van der Waals surface area contributed by atoms with E-state index in [4.69, 9.17) is 13.9 Å². The van der Waals surface area contributed by atoms with E-state index >= 15 is 0 Å². The number of benzene rings is 2. The number of thiophene rings is 1. The van der Waals surface area contributed by atoms with Gasteiger partial charge in [0.2, 0.25) is 5.89 Å². The van der Waals surface area contributed by atoms with Gasteiger partial charge in [-0.25, -0.2) is 8.42 Å². The molecular formula is C22H21N3O5S2. The molecule has 0 bridgehead atoms. The van der Waals surface area contributed by atoms with Gasteiger partial charge in [-0.15, -0.1) is 21.5 Å². The van der Waals surface area contributed by atoms with E-state index in [1.54, 1.807) is 36.4 Å². The number of para-hydroxylation sites is 2. The van der Waals surface area contributed by atoms with Crippen LogP contribution in [-0.4, -0.2) is 32.3 Å². The van der Waals surface area contributed by atoms with Gasteiger partial charge in [-0.05, 0) is 54.8 Å². The topological polar surface area (TPSA) is 94.8 Å². The number of aromatic nitrogens is 2. The SMILES string of the molecule is CCOc1ccc(S(=O)(=O)N(Cc2nnc(-c3cccs3)o2)c2ccccc2OC)cc1. The maximum Gasteiger partial charge on any atom is 0.264 e. The van der Waals surface area contributed by atoms with Crippen LogP contribution in [0.5, 0.6) is 11.5 Å². The number of anilines is 1. The molecule has 32 heavy (non-hydrogen) atoms. The van der Waals surface area contributed by atoms with Gasteiger partial charge < -0.3 is 13.9 Å². The van der Waals surface area contributed by atoms with Gasteiger partial charge in [-0.2, -0.15) is 0 Å². The van der Waals surface area contributed by atoms with Crippen molar-refractivity contribution < 1.29 is 22.3 Å². The summed E-state index contributed by atoms with van der Waals surface area (Å²) in [5, 5.41) is 10.0. The molecule has 0 atom stereocenters. The fourth-order valence-corrected chi connectivity index (χ4v) is 5.15. The Morgan fingerprint density at radius 1 is 1.03 bits per heavy atom. The Bertz CT molecular complexity index is 1270. The van der Waals surface area contributed by atoms with Crippen LogP contribution >= 0.6 is 11.3 Å². The average Bonchev–Trinajstić information content (AvgIpc) is 3.50. The Balaban J connectivity index is 1.74. The van der Waals surface area contributed by atoms with Gasteiger partial charge in [0.15, 0.2) is 0 Å². The number of nitrogens with zero attached hydrogens (tertiary/aromatic N) is 3. The monoisotopic (exact) mass is 471 g/mol. The third-order valence-electron chi connectivity index (χ3n) is 4.55. The van der Waals surface area contributed by atoms with Crippen molar-refractivity contribution in [3.63, 3.8) is 0 Å². The largest absolute Gasteiger partial charge is 0.495 e.